The van der Waals surface area contributed by atoms with Crippen LogP contribution in [0.5, 0.6) is 5.75 Å². The summed E-state index contributed by atoms with van der Waals surface area (Å²) in [5.74, 6) is -0.165. The lowest BCUT2D eigenvalue weighted by Gasteiger charge is -2.10. The molecule has 0 saturated heterocycles. The second-order valence-electron chi connectivity index (χ2n) is 3.94. The van der Waals surface area contributed by atoms with Gasteiger partial charge in [0.2, 0.25) is 0 Å². The lowest BCUT2D eigenvalue weighted by molar-refractivity contribution is 0.387. The van der Waals surface area contributed by atoms with Crippen LogP contribution in [0.25, 0.3) is 0 Å². The van der Waals surface area contributed by atoms with Gasteiger partial charge in [0.15, 0.2) is 11.6 Å². The van der Waals surface area contributed by atoms with Crippen LogP contribution in [0.2, 0.25) is 5.02 Å². The van der Waals surface area contributed by atoms with Gasteiger partial charge in [-0.1, -0.05) is 33.6 Å². The minimum Gasteiger partial charge on any atom is -0.494 e. The van der Waals surface area contributed by atoms with E-state index in [0.717, 1.165) is 15.7 Å². The fourth-order valence-electron chi connectivity index (χ4n) is 1.63. The van der Waals surface area contributed by atoms with Crippen LogP contribution < -0.4 is 10.1 Å². The molecule has 0 aliphatic rings. The van der Waals surface area contributed by atoms with Gasteiger partial charge in [-0.05, 0) is 29.8 Å². The molecule has 2 nitrogen and oxygen atoms in total. The summed E-state index contributed by atoms with van der Waals surface area (Å²) in [6.45, 7) is 0.556. The first-order valence-electron chi connectivity index (χ1n) is 5.61. The molecule has 0 radical (unpaired) electrons. The summed E-state index contributed by atoms with van der Waals surface area (Å²) in [6.07, 6.45) is 0. The third kappa shape index (κ3) is 3.61. The molecular weight excluding hydrogens is 333 g/mol. The molecule has 0 saturated carbocycles. The Hall–Kier alpha value is -1.26. The van der Waals surface area contributed by atoms with Gasteiger partial charge in [0.05, 0.1) is 7.11 Å². The van der Waals surface area contributed by atoms with Crippen molar-refractivity contribution in [1.29, 1.82) is 0 Å². The second kappa shape index (κ2) is 6.26. The number of ether oxygens (including phenoxy) is 1. The molecule has 0 fully saturated rings. The molecule has 2 rings (SSSR count). The summed E-state index contributed by atoms with van der Waals surface area (Å²) in [4.78, 5) is 0. The Morgan fingerprint density at radius 2 is 2.05 bits per heavy atom. The van der Waals surface area contributed by atoms with Gasteiger partial charge < -0.3 is 10.1 Å². The number of methoxy groups -OCH3 is 1. The Morgan fingerprint density at radius 3 is 2.74 bits per heavy atom. The van der Waals surface area contributed by atoms with Crippen LogP contribution in [-0.2, 0) is 6.54 Å². The van der Waals surface area contributed by atoms with Crippen LogP contribution in [-0.4, -0.2) is 7.11 Å². The molecule has 2 aromatic carbocycles. The van der Waals surface area contributed by atoms with Gasteiger partial charge in [0, 0.05) is 27.8 Å². The topological polar surface area (TPSA) is 21.3 Å². The number of hydrogen-bond donors (Lipinski definition) is 1. The summed E-state index contributed by atoms with van der Waals surface area (Å²) in [6, 6.07) is 10.3. The maximum absolute atomic E-state index is 13.3. The lowest BCUT2D eigenvalue weighted by Crippen LogP contribution is -2.01. The molecule has 19 heavy (non-hydrogen) atoms. The zero-order chi connectivity index (χ0) is 13.8. The molecule has 1 N–H and O–H groups in total. The van der Waals surface area contributed by atoms with Gasteiger partial charge in [-0.2, -0.15) is 0 Å². The Morgan fingerprint density at radius 1 is 1.26 bits per heavy atom. The third-order valence-corrected chi connectivity index (χ3v) is 3.49. The minimum atomic E-state index is -0.380. The van der Waals surface area contributed by atoms with E-state index in [1.54, 1.807) is 12.1 Å². The molecule has 5 heteroatoms. The first-order valence-corrected chi connectivity index (χ1v) is 6.78. The highest BCUT2D eigenvalue weighted by Gasteiger charge is 2.05. The Kier molecular flexibility index (Phi) is 4.66. The monoisotopic (exact) mass is 343 g/mol. The number of rotatable bonds is 4. The van der Waals surface area contributed by atoms with Gasteiger partial charge in [0.25, 0.3) is 0 Å². The number of halogens is 3. The van der Waals surface area contributed by atoms with Crippen molar-refractivity contribution in [3.05, 3.63) is 57.3 Å². The second-order valence-corrected chi connectivity index (χ2v) is 5.26. The third-order valence-electron chi connectivity index (χ3n) is 2.65. The molecule has 0 aromatic heterocycles. The number of benzene rings is 2. The van der Waals surface area contributed by atoms with Crippen molar-refractivity contribution in [2.75, 3.05) is 12.4 Å². The lowest BCUT2D eigenvalue weighted by atomic mass is 10.2. The van der Waals surface area contributed by atoms with E-state index in [0.29, 0.717) is 11.6 Å². The van der Waals surface area contributed by atoms with Crippen LogP contribution in [0.4, 0.5) is 10.1 Å². The van der Waals surface area contributed by atoms with Crippen molar-refractivity contribution in [2.45, 2.75) is 6.54 Å². The Bertz CT molecular complexity index is 592. The smallest absolute Gasteiger partial charge is 0.165 e. The molecular formula is C14H12BrClFNO. The van der Waals surface area contributed by atoms with Crippen molar-refractivity contribution in [1.82, 2.24) is 0 Å². The maximum atomic E-state index is 13.3. The molecule has 100 valence electrons. The van der Waals surface area contributed by atoms with Crippen molar-refractivity contribution < 1.29 is 9.13 Å². The molecule has 0 aliphatic heterocycles. The summed E-state index contributed by atoms with van der Waals surface area (Å²) in [7, 11) is 1.44. The molecule has 0 spiro atoms. The minimum absolute atomic E-state index is 0.215. The maximum Gasteiger partial charge on any atom is 0.165 e. The van der Waals surface area contributed by atoms with Crippen molar-refractivity contribution in [3.8, 4) is 5.75 Å². The summed E-state index contributed by atoms with van der Waals surface area (Å²) in [5.41, 5.74) is 1.74. The highest BCUT2D eigenvalue weighted by atomic mass is 79.9. The van der Waals surface area contributed by atoms with Crippen LogP contribution in [0.15, 0.2) is 40.9 Å². The standard InChI is InChI=1S/C14H12BrClFNO/c1-19-14-7-11(4-5-13(14)17)18-8-9-2-3-10(15)6-12(9)16/h2-7,18H,8H2,1H3. The number of hydrogen-bond acceptors (Lipinski definition) is 2. The summed E-state index contributed by atoms with van der Waals surface area (Å²) < 4.78 is 19.1. The van der Waals surface area contributed by atoms with Gasteiger partial charge in [0.1, 0.15) is 0 Å². The average molecular weight is 345 g/mol. The molecule has 0 aliphatic carbocycles. The Balaban J connectivity index is 2.10. The van der Waals surface area contributed by atoms with Crippen LogP contribution in [0, 0.1) is 5.82 Å². The molecule has 0 atom stereocenters. The van der Waals surface area contributed by atoms with Gasteiger partial charge >= 0.3 is 0 Å². The van der Waals surface area contributed by atoms with Crippen molar-refractivity contribution in [3.63, 3.8) is 0 Å². The van der Waals surface area contributed by atoms with E-state index >= 15 is 0 Å². The van der Waals surface area contributed by atoms with Gasteiger partial charge in [-0.15, -0.1) is 0 Å². The molecule has 0 amide bonds. The van der Waals surface area contributed by atoms with E-state index in [4.69, 9.17) is 16.3 Å². The van der Waals surface area contributed by atoms with Gasteiger partial charge in [-0.25, -0.2) is 4.39 Å². The van der Waals surface area contributed by atoms with Crippen molar-refractivity contribution >= 4 is 33.2 Å². The quantitative estimate of drug-likeness (QED) is 0.855. The van der Waals surface area contributed by atoms with E-state index in [-0.39, 0.29) is 11.6 Å². The number of anilines is 1. The van der Waals surface area contributed by atoms with E-state index in [2.05, 4.69) is 21.2 Å². The Labute approximate surface area is 124 Å². The summed E-state index contributed by atoms with van der Waals surface area (Å²) >= 11 is 9.48. The average Bonchev–Trinajstić information content (AvgIpc) is 2.39. The number of nitrogens with one attached hydrogen (secondary N) is 1. The van der Waals surface area contributed by atoms with Crippen molar-refractivity contribution in [2.24, 2.45) is 0 Å². The summed E-state index contributed by atoms with van der Waals surface area (Å²) in [5, 5.41) is 3.85. The fraction of sp³-hybridized carbons (Fsp3) is 0.143. The van der Waals surface area contributed by atoms with E-state index < -0.39 is 0 Å². The SMILES string of the molecule is COc1cc(NCc2ccc(Br)cc2Cl)ccc1F. The predicted molar refractivity (Wildman–Crippen MR) is 79.4 cm³/mol. The molecule has 0 bridgehead atoms. The van der Waals surface area contributed by atoms with Crippen LogP contribution in [0.3, 0.4) is 0 Å². The van der Waals surface area contributed by atoms with Crippen LogP contribution >= 0.6 is 27.5 Å². The zero-order valence-corrected chi connectivity index (χ0v) is 12.6. The normalized spacial score (nSPS) is 10.3. The van der Waals surface area contributed by atoms with Crippen LogP contribution in [0.1, 0.15) is 5.56 Å². The van der Waals surface area contributed by atoms with E-state index in [1.807, 2.05) is 18.2 Å². The highest BCUT2D eigenvalue weighted by Crippen LogP contribution is 2.24. The first-order chi connectivity index (χ1) is 9.10. The molecule has 0 unspecified atom stereocenters. The largest absolute Gasteiger partial charge is 0.494 e. The molecule has 2 aromatic rings. The highest BCUT2D eigenvalue weighted by molar-refractivity contribution is 9.10. The zero-order valence-electron chi connectivity index (χ0n) is 10.2. The first kappa shape index (κ1) is 14.2. The fourth-order valence-corrected chi connectivity index (χ4v) is 2.37. The molecule has 0 heterocycles. The van der Waals surface area contributed by atoms with Gasteiger partial charge in [-0.3, -0.25) is 0 Å². The predicted octanol–water partition coefficient (Wildman–Crippen LogP) is 4.86. The van der Waals surface area contributed by atoms with E-state index in [9.17, 15) is 4.39 Å². The van der Waals surface area contributed by atoms with E-state index in [1.165, 1.54) is 13.2 Å².